The lowest BCUT2D eigenvalue weighted by atomic mass is 9.78. The van der Waals surface area contributed by atoms with Gasteiger partial charge in [0.15, 0.2) is 0 Å². The highest BCUT2D eigenvalue weighted by Crippen LogP contribution is 2.36. The van der Waals surface area contributed by atoms with Crippen LogP contribution in [0.5, 0.6) is 0 Å². The molecule has 2 nitrogen and oxygen atoms in total. The van der Waals surface area contributed by atoms with Gasteiger partial charge in [-0.25, -0.2) is 0 Å². The van der Waals surface area contributed by atoms with E-state index in [2.05, 4.69) is 29.1 Å². The quantitative estimate of drug-likeness (QED) is 0.553. The average molecular weight is 270 g/mol. The van der Waals surface area contributed by atoms with Gasteiger partial charge in [0.25, 0.3) is 0 Å². The first kappa shape index (κ1) is 15.0. The fourth-order valence-corrected chi connectivity index (χ4v) is 3.24. The van der Waals surface area contributed by atoms with Crippen molar-refractivity contribution in [2.24, 2.45) is 5.92 Å². The fraction of sp³-hybridized carbons (Fsp3) is 0.667. The van der Waals surface area contributed by atoms with E-state index in [4.69, 9.17) is 6.42 Å². The second-order valence-corrected chi connectivity index (χ2v) is 6.05. The molecule has 0 unspecified atom stereocenters. The summed E-state index contributed by atoms with van der Waals surface area (Å²) in [5, 5.41) is 8.37. The van der Waals surface area contributed by atoms with Crippen molar-refractivity contribution in [2.45, 2.75) is 70.6 Å². The summed E-state index contributed by atoms with van der Waals surface area (Å²) >= 11 is 0. The zero-order chi connectivity index (χ0) is 14.2. The van der Waals surface area contributed by atoms with Crippen LogP contribution in [0.15, 0.2) is 12.1 Å². The average Bonchev–Trinajstić information content (AvgIpc) is 2.52. The second kappa shape index (κ2) is 8.04. The molecule has 1 aromatic rings. The maximum atomic E-state index is 5.31. The van der Waals surface area contributed by atoms with Gasteiger partial charge in [0.05, 0.1) is 5.69 Å². The van der Waals surface area contributed by atoms with E-state index in [1.807, 2.05) is 6.07 Å². The molecule has 0 saturated heterocycles. The molecule has 1 heterocycles. The molecule has 2 rings (SSSR count). The normalized spacial score (nSPS) is 22.4. The largest absolute Gasteiger partial charge is 0.154 e. The minimum atomic E-state index is 0.598. The van der Waals surface area contributed by atoms with Gasteiger partial charge < -0.3 is 0 Å². The molecule has 0 aliphatic heterocycles. The van der Waals surface area contributed by atoms with Crippen molar-refractivity contribution in [3.63, 3.8) is 0 Å². The summed E-state index contributed by atoms with van der Waals surface area (Å²) in [6, 6.07) is 3.98. The highest BCUT2D eigenvalue weighted by molar-refractivity contribution is 5.24. The number of unbranched alkanes of at least 4 members (excludes halogenated alkanes) is 3. The van der Waals surface area contributed by atoms with Crippen molar-refractivity contribution in [1.29, 1.82) is 0 Å². The van der Waals surface area contributed by atoms with E-state index in [-0.39, 0.29) is 0 Å². The first-order valence-electron chi connectivity index (χ1n) is 8.13. The topological polar surface area (TPSA) is 25.8 Å². The number of aromatic nitrogens is 2. The van der Waals surface area contributed by atoms with Crippen LogP contribution in [0.4, 0.5) is 0 Å². The van der Waals surface area contributed by atoms with Crippen molar-refractivity contribution in [2.75, 3.05) is 0 Å². The van der Waals surface area contributed by atoms with Gasteiger partial charge in [-0.1, -0.05) is 39.0 Å². The molecule has 1 saturated carbocycles. The van der Waals surface area contributed by atoms with E-state index in [0.29, 0.717) is 11.6 Å². The molecule has 0 spiro atoms. The fourth-order valence-electron chi connectivity index (χ4n) is 3.24. The van der Waals surface area contributed by atoms with Crippen molar-refractivity contribution in [3.05, 3.63) is 23.5 Å². The molecule has 0 radical (unpaired) electrons. The van der Waals surface area contributed by atoms with Crippen molar-refractivity contribution in [3.8, 4) is 12.3 Å². The zero-order valence-corrected chi connectivity index (χ0v) is 12.6. The SMILES string of the molecule is C#Cc1ccc(C2CCC(CCCCCC)CC2)nn1. The maximum Gasteiger partial charge on any atom is 0.135 e. The number of nitrogens with zero attached hydrogens (tertiary/aromatic N) is 2. The van der Waals surface area contributed by atoms with E-state index in [9.17, 15) is 0 Å². The van der Waals surface area contributed by atoms with Gasteiger partial charge in [0.1, 0.15) is 5.69 Å². The molecule has 1 aromatic heterocycles. The standard InChI is InChI=1S/C18H26N2/c1-3-5-6-7-8-15-9-11-16(12-10-15)18-14-13-17(4-2)19-20-18/h2,13-16H,3,5-12H2,1H3. The van der Waals surface area contributed by atoms with Gasteiger partial charge in [0.2, 0.25) is 0 Å². The summed E-state index contributed by atoms with van der Waals surface area (Å²) in [4.78, 5) is 0. The Morgan fingerprint density at radius 1 is 1.10 bits per heavy atom. The number of rotatable bonds is 6. The van der Waals surface area contributed by atoms with E-state index in [1.165, 1.54) is 57.8 Å². The molecule has 2 heteroatoms. The molecule has 0 N–H and O–H groups in total. The molecule has 0 bridgehead atoms. The van der Waals surface area contributed by atoms with Crippen molar-refractivity contribution < 1.29 is 0 Å². The van der Waals surface area contributed by atoms with Gasteiger partial charge in [-0.05, 0) is 49.7 Å². The van der Waals surface area contributed by atoms with Crippen molar-refractivity contribution in [1.82, 2.24) is 10.2 Å². The highest BCUT2D eigenvalue weighted by Gasteiger charge is 2.23. The van der Waals surface area contributed by atoms with E-state index in [1.54, 1.807) is 0 Å². The van der Waals surface area contributed by atoms with Gasteiger partial charge in [-0.15, -0.1) is 11.5 Å². The maximum absolute atomic E-state index is 5.31. The summed E-state index contributed by atoms with van der Waals surface area (Å²) < 4.78 is 0. The van der Waals surface area contributed by atoms with Crippen LogP contribution in [0.2, 0.25) is 0 Å². The molecule has 0 amide bonds. The van der Waals surface area contributed by atoms with E-state index in [0.717, 1.165) is 11.6 Å². The molecule has 1 aliphatic rings. The highest BCUT2D eigenvalue weighted by atomic mass is 15.1. The molecule has 1 aliphatic carbocycles. The van der Waals surface area contributed by atoms with Crippen LogP contribution in [0.25, 0.3) is 0 Å². The zero-order valence-electron chi connectivity index (χ0n) is 12.6. The lowest BCUT2D eigenvalue weighted by Crippen LogP contribution is -2.14. The van der Waals surface area contributed by atoms with Crippen LogP contribution in [0.1, 0.15) is 82.0 Å². The van der Waals surface area contributed by atoms with Crippen LogP contribution in [0.3, 0.4) is 0 Å². The van der Waals surface area contributed by atoms with Gasteiger partial charge in [-0.2, -0.15) is 5.10 Å². The number of hydrogen-bond donors (Lipinski definition) is 0. The third-order valence-electron chi connectivity index (χ3n) is 4.56. The summed E-state index contributed by atoms with van der Waals surface area (Å²) in [7, 11) is 0. The molecule has 0 atom stereocenters. The molecule has 0 aromatic carbocycles. The predicted molar refractivity (Wildman–Crippen MR) is 83.4 cm³/mol. The third-order valence-corrected chi connectivity index (χ3v) is 4.56. The minimum absolute atomic E-state index is 0.598. The first-order valence-corrected chi connectivity index (χ1v) is 8.13. The number of hydrogen-bond acceptors (Lipinski definition) is 2. The van der Waals surface area contributed by atoms with E-state index >= 15 is 0 Å². The molecule has 20 heavy (non-hydrogen) atoms. The predicted octanol–water partition coefficient (Wildman–Crippen LogP) is 4.70. The Morgan fingerprint density at radius 3 is 2.50 bits per heavy atom. The Morgan fingerprint density at radius 2 is 1.90 bits per heavy atom. The lowest BCUT2D eigenvalue weighted by molar-refractivity contribution is 0.298. The van der Waals surface area contributed by atoms with Gasteiger partial charge >= 0.3 is 0 Å². The molecular formula is C18H26N2. The minimum Gasteiger partial charge on any atom is -0.154 e. The van der Waals surface area contributed by atoms with E-state index < -0.39 is 0 Å². The molecule has 108 valence electrons. The Balaban J connectivity index is 1.74. The monoisotopic (exact) mass is 270 g/mol. The third kappa shape index (κ3) is 4.34. The smallest absolute Gasteiger partial charge is 0.135 e. The van der Waals surface area contributed by atoms with Crippen molar-refractivity contribution >= 4 is 0 Å². The van der Waals surface area contributed by atoms with Crippen LogP contribution in [0, 0.1) is 18.3 Å². The van der Waals surface area contributed by atoms with Crippen LogP contribution in [-0.4, -0.2) is 10.2 Å². The molecule has 1 fully saturated rings. The molecular weight excluding hydrogens is 244 g/mol. The Labute approximate surface area is 123 Å². The Bertz CT molecular complexity index is 422. The summed E-state index contributed by atoms with van der Waals surface area (Å²) in [5.41, 5.74) is 1.77. The van der Waals surface area contributed by atoms with Gasteiger partial charge in [-0.3, -0.25) is 0 Å². The lowest BCUT2D eigenvalue weighted by Gasteiger charge is -2.27. The van der Waals surface area contributed by atoms with Crippen LogP contribution < -0.4 is 0 Å². The summed E-state index contributed by atoms with van der Waals surface area (Å²) in [6.07, 6.45) is 17.5. The second-order valence-electron chi connectivity index (χ2n) is 6.05. The number of terminal acetylenes is 1. The first-order chi connectivity index (χ1) is 9.83. The van der Waals surface area contributed by atoms with Crippen LogP contribution in [-0.2, 0) is 0 Å². The Hall–Kier alpha value is -1.36. The van der Waals surface area contributed by atoms with Crippen LogP contribution >= 0.6 is 0 Å². The summed E-state index contributed by atoms with van der Waals surface area (Å²) in [6.45, 7) is 2.28. The Kier molecular flexibility index (Phi) is 6.05. The summed E-state index contributed by atoms with van der Waals surface area (Å²) in [5.74, 6) is 4.07. The van der Waals surface area contributed by atoms with Gasteiger partial charge in [0, 0.05) is 5.92 Å².